The maximum Gasteiger partial charge on any atom is 0.416 e. The molecule has 2 aromatic rings. The minimum Gasteiger partial charge on any atom is -0.321 e. The van der Waals surface area contributed by atoms with E-state index in [1.54, 1.807) is 25.1 Å². The number of benzene rings is 2. The first-order valence-corrected chi connectivity index (χ1v) is 7.62. The highest BCUT2D eigenvalue weighted by atomic mass is 19.4. The molecule has 0 aliphatic heterocycles. The normalized spacial score (nSPS) is 12.2. The molecule has 0 unspecified atom stereocenters. The predicted molar refractivity (Wildman–Crippen MR) is 85.0 cm³/mol. The Hall–Kier alpha value is -2.51. The number of para-hydroxylation sites is 1. The average Bonchev–Trinajstić information content (AvgIpc) is 2.54. The number of hydrogen-bond donors (Lipinski definition) is 1. The van der Waals surface area contributed by atoms with E-state index in [1.807, 2.05) is 6.92 Å². The van der Waals surface area contributed by atoms with Crippen molar-refractivity contribution in [1.82, 2.24) is 0 Å². The predicted octanol–water partition coefficient (Wildman–Crippen LogP) is 5.85. The van der Waals surface area contributed by atoms with Gasteiger partial charge in [-0.1, -0.05) is 25.1 Å². The van der Waals surface area contributed by atoms with E-state index in [9.17, 15) is 31.1 Å². The third-order valence-electron chi connectivity index (χ3n) is 3.83. The second-order valence-electron chi connectivity index (χ2n) is 5.71. The van der Waals surface area contributed by atoms with E-state index in [4.69, 9.17) is 0 Å². The number of amides is 1. The third kappa shape index (κ3) is 4.36. The van der Waals surface area contributed by atoms with Gasteiger partial charge < -0.3 is 5.32 Å². The molecule has 8 heteroatoms. The van der Waals surface area contributed by atoms with E-state index >= 15 is 0 Å². The van der Waals surface area contributed by atoms with Crippen molar-refractivity contribution in [1.29, 1.82) is 0 Å². The first kappa shape index (κ1) is 19.8. The molecule has 26 heavy (non-hydrogen) atoms. The van der Waals surface area contributed by atoms with Crippen LogP contribution in [0, 0.1) is 6.92 Å². The summed E-state index contributed by atoms with van der Waals surface area (Å²) in [6.07, 6.45) is -9.48. The van der Waals surface area contributed by atoms with E-state index in [1.165, 1.54) is 0 Å². The van der Waals surface area contributed by atoms with Crippen molar-refractivity contribution < 1.29 is 31.1 Å². The average molecular weight is 375 g/mol. The van der Waals surface area contributed by atoms with Gasteiger partial charge in [0.1, 0.15) is 0 Å². The zero-order valence-electron chi connectivity index (χ0n) is 13.8. The first-order chi connectivity index (χ1) is 11.9. The summed E-state index contributed by atoms with van der Waals surface area (Å²) >= 11 is 0. The topological polar surface area (TPSA) is 29.1 Å². The maximum absolute atomic E-state index is 12.9. The van der Waals surface area contributed by atoms with Gasteiger partial charge in [-0.2, -0.15) is 26.3 Å². The van der Waals surface area contributed by atoms with E-state index < -0.39 is 35.0 Å². The van der Waals surface area contributed by atoms with Crippen molar-refractivity contribution in [3.8, 4) is 0 Å². The first-order valence-electron chi connectivity index (χ1n) is 7.62. The van der Waals surface area contributed by atoms with Crippen molar-refractivity contribution in [3.63, 3.8) is 0 Å². The number of rotatable bonds is 3. The van der Waals surface area contributed by atoms with Crippen LogP contribution in [-0.4, -0.2) is 5.91 Å². The van der Waals surface area contributed by atoms with Crippen LogP contribution in [0.4, 0.5) is 32.0 Å². The van der Waals surface area contributed by atoms with Gasteiger partial charge in [0.15, 0.2) is 0 Å². The third-order valence-corrected chi connectivity index (χ3v) is 3.83. The summed E-state index contributed by atoms with van der Waals surface area (Å²) in [7, 11) is 0. The van der Waals surface area contributed by atoms with Crippen LogP contribution in [0.5, 0.6) is 0 Å². The second-order valence-corrected chi connectivity index (χ2v) is 5.71. The van der Waals surface area contributed by atoms with Crippen molar-refractivity contribution in [2.45, 2.75) is 32.6 Å². The summed E-state index contributed by atoms with van der Waals surface area (Å²) in [6, 6.07) is 5.96. The molecule has 2 rings (SSSR count). The molecule has 0 fully saturated rings. The number of carbonyl (C=O) groups is 1. The number of halogens is 6. The minimum absolute atomic E-state index is 0.0119. The molecule has 0 aromatic heterocycles. The molecule has 0 saturated heterocycles. The highest BCUT2D eigenvalue weighted by molar-refractivity contribution is 6.05. The van der Waals surface area contributed by atoms with Gasteiger partial charge in [-0.3, -0.25) is 4.79 Å². The Labute approximate surface area is 145 Å². The lowest BCUT2D eigenvalue weighted by Crippen LogP contribution is -2.18. The summed E-state index contributed by atoms with van der Waals surface area (Å²) in [6.45, 7) is 3.50. The van der Waals surface area contributed by atoms with E-state index in [-0.39, 0.29) is 6.07 Å². The molecular formula is C18H15F6NO. The Bertz CT molecular complexity index is 791. The Kier molecular flexibility index (Phi) is 5.34. The number of hydrogen-bond acceptors (Lipinski definition) is 1. The van der Waals surface area contributed by atoms with Crippen LogP contribution >= 0.6 is 0 Å². The van der Waals surface area contributed by atoms with Crippen LogP contribution in [0.15, 0.2) is 36.4 Å². The lowest BCUT2D eigenvalue weighted by atomic mass is 10.0. The molecule has 140 valence electrons. The zero-order valence-corrected chi connectivity index (χ0v) is 13.8. The smallest absolute Gasteiger partial charge is 0.321 e. The molecule has 0 heterocycles. The largest absolute Gasteiger partial charge is 0.416 e. The van der Waals surface area contributed by atoms with Gasteiger partial charge >= 0.3 is 12.4 Å². The van der Waals surface area contributed by atoms with Crippen molar-refractivity contribution in [2.24, 2.45) is 0 Å². The molecule has 2 nitrogen and oxygen atoms in total. The van der Waals surface area contributed by atoms with E-state index in [0.717, 1.165) is 5.56 Å². The summed E-state index contributed by atoms with van der Waals surface area (Å²) in [5.41, 5.74) is -2.01. The number of alkyl halides is 6. The second kappa shape index (κ2) is 7.01. The molecular weight excluding hydrogens is 360 g/mol. The Morgan fingerprint density at radius 2 is 1.50 bits per heavy atom. The molecule has 0 atom stereocenters. The van der Waals surface area contributed by atoms with Crippen molar-refractivity contribution in [3.05, 3.63) is 64.2 Å². The molecule has 0 aliphatic rings. The SMILES string of the molecule is CCc1cccc(C)c1NC(=O)c1cc(C(F)(F)F)cc(C(F)(F)F)c1. The fraction of sp³-hybridized carbons (Fsp3) is 0.278. The van der Waals surface area contributed by atoms with Crippen LogP contribution in [-0.2, 0) is 18.8 Å². The van der Waals surface area contributed by atoms with Gasteiger partial charge in [0, 0.05) is 11.3 Å². The summed E-state index contributed by atoms with van der Waals surface area (Å²) in [5, 5.41) is 2.43. The number of carbonyl (C=O) groups excluding carboxylic acids is 1. The Balaban J connectivity index is 2.49. The summed E-state index contributed by atoms with van der Waals surface area (Å²) in [5.74, 6) is -1.04. The molecule has 0 bridgehead atoms. The van der Waals surface area contributed by atoms with Crippen LogP contribution in [0.3, 0.4) is 0 Å². The molecule has 1 amide bonds. The zero-order chi connectivity index (χ0) is 19.7. The van der Waals surface area contributed by atoms with Crippen LogP contribution in [0.1, 0.15) is 39.5 Å². The molecule has 0 aliphatic carbocycles. The van der Waals surface area contributed by atoms with Gasteiger partial charge in [-0.15, -0.1) is 0 Å². The van der Waals surface area contributed by atoms with Gasteiger partial charge in [0.2, 0.25) is 0 Å². The van der Waals surface area contributed by atoms with Gasteiger partial charge in [0.25, 0.3) is 5.91 Å². The highest BCUT2D eigenvalue weighted by Gasteiger charge is 2.37. The molecule has 0 saturated carbocycles. The molecule has 0 radical (unpaired) electrons. The minimum atomic E-state index is -5.01. The number of anilines is 1. The molecule has 2 aromatic carbocycles. The lowest BCUT2D eigenvalue weighted by Gasteiger charge is -2.16. The standard InChI is InChI=1S/C18H15F6NO/c1-3-11-6-4-5-10(2)15(11)25-16(26)12-7-13(17(19,20)21)9-14(8-12)18(22,23)24/h4-9H,3H2,1-2H3,(H,25,26). The Morgan fingerprint density at radius 1 is 0.962 bits per heavy atom. The van der Waals surface area contributed by atoms with Crippen molar-refractivity contribution in [2.75, 3.05) is 5.32 Å². The van der Waals surface area contributed by atoms with Crippen LogP contribution in [0.25, 0.3) is 0 Å². The van der Waals surface area contributed by atoms with Gasteiger partial charge in [-0.05, 0) is 42.7 Å². The van der Waals surface area contributed by atoms with Gasteiger partial charge in [-0.25, -0.2) is 0 Å². The molecule has 0 spiro atoms. The van der Waals surface area contributed by atoms with Crippen LogP contribution in [0.2, 0.25) is 0 Å². The van der Waals surface area contributed by atoms with Crippen LogP contribution < -0.4 is 5.32 Å². The van der Waals surface area contributed by atoms with Crippen molar-refractivity contribution >= 4 is 11.6 Å². The summed E-state index contributed by atoms with van der Waals surface area (Å²) in [4.78, 5) is 12.3. The quantitative estimate of drug-likeness (QED) is 0.670. The maximum atomic E-state index is 12.9. The lowest BCUT2D eigenvalue weighted by molar-refractivity contribution is -0.143. The number of nitrogens with one attached hydrogen (secondary N) is 1. The highest BCUT2D eigenvalue weighted by Crippen LogP contribution is 2.36. The van der Waals surface area contributed by atoms with Gasteiger partial charge in [0.05, 0.1) is 11.1 Å². The summed E-state index contributed by atoms with van der Waals surface area (Å²) < 4.78 is 77.5. The number of aryl methyl sites for hydroxylation is 2. The molecule has 1 N–H and O–H groups in total. The van der Waals surface area contributed by atoms with E-state index in [2.05, 4.69) is 5.32 Å². The fourth-order valence-corrected chi connectivity index (χ4v) is 2.47. The Morgan fingerprint density at radius 3 is 1.96 bits per heavy atom. The monoisotopic (exact) mass is 375 g/mol. The fourth-order valence-electron chi connectivity index (χ4n) is 2.47. The van der Waals surface area contributed by atoms with E-state index in [0.29, 0.717) is 29.8 Å².